The highest BCUT2D eigenvalue weighted by molar-refractivity contribution is 5.80. The Kier molecular flexibility index (Phi) is 7.52. The van der Waals surface area contributed by atoms with E-state index in [9.17, 15) is 18.0 Å². The summed E-state index contributed by atoms with van der Waals surface area (Å²) in [7, 11) is 1.50. The average molecular weight is 407 g/mol. The number of amides is 1. The summed E-state index contributed by atoms with van der Waals surface area (Å²) in [5.41, 5.74) is 0.410. The molecule has 2 rings (SSSR count). The molecule has 0 fully saturated rings. The maximum Gasteiger partial charge on any atom is 0.239 e. The number of carbonyl (C=O) groups excluding carboxylic acids is 1. The molecular weight excluding hydrogens is 387 g/mol. The number of aryl methyl sites for hydroxylation is 1. The summed E-state index contributed by atoms with van der Waals surface area (Å²) in [4.78, 5) is 19.5. The number of aromatic nitrogens is 2. The van der Waals surface area contributed by atoms with Gasteiger partial charge in [0.05, 0.1) is 12.2 Å². The van der Waals surface area contributed by atoms with Gasteiger partial charge < -0.3 is 26.7 Å². The molecule has 0 saturated carbocycles. The summed E-state index contributed by atoms with van der Waals surface area (Å²) < 4.78 is 40.9. The smallest absolute Gasteiger partial charge is 0.239 e. The second-order valence-corrected chi connectivity index (χ2v) is 5.82. The molecule has 11 heteroatoms. The third-order valence-electron chi connectivity index (χ3n) is 3.75. The molecule has 0 aliphatic carbocycles. The first-order valence-corrected chi connectivity index (χ1v) is 8.47. The molecule has 0 atom stereocenters. The predicted molar refractivity (Wildman–Crippen MR) is 103 cm³/mol. The van der Waals surface area contributed by atoms with Gasteiger partial charge in [-0.1, -0.05) is 0 Å². The van der Waals surface area contributed by atoms with Gasteiger partial charge in [0, 0.05) is 43.3 Å². The Morgan fingerprint density at radius 2 is 1.97 bits per heavy atom. The van der Waals surface area contributed by atoms with E-state index in [2.05, 4.69) is 31.2 Å². The van der Waals surface area contributed by atoms with Crippen LogP contribution in [0.3, 0.4) is 0 Å². The average Bonchev–Trinajstić information content (AvgIpc) is 2.71. The van der Waals surface area contributed by atoms with Crippen molar-refractivity contribution in [3.05, 3.63) is 58.8 Å². The SMILES string of the molecule is CNC(=O)CN/C=C(\C=N)Nc1ncc(C)c(NCc2c(F)ccc(F)c2F)n1. The molecule has 0 aliphatic heterocycles. The van der Waals surface area contributed by atoms with Crippen molar-refractivity contribution in [3.63, 3.8) is 0 Å². The van der Waals surface area contributed by atoms with Gasteiger partial charge in [0.25, 0.3) is 0 Å². The number of anilines is 2. The quantitative estimate of drug-likeness (QED) is 0.321. The summed E-state index contributed by atoms with van der Waals surface area (Å²) in [5, 5.41) is 18.1. The number of allylic oxidation sites excluding steroid dienone is 1. The maximum absolute atomic E-state index is 13.8. The van der Waals surface area contributed by atoms with Crippen molar-refractivity contribution in [1.29, 1.82) is 5.41 Å². The highest BCUT2D eigenvalue weighted by atomic mass is 19.2. The maximum atomic E-state index is 13.8. The number of halogens is 3. The zero-order valence-corrected chi connectivity index (χ0v) is 15.7. The van der Waals surface area contributed by atoms with Crippen molar-refractivity contribution in [2.45, 2.75) is 13.5 Å². The van der Waals surface area contributed by atoms with Crippen LogP contribution in [0.4, 0.5) is 24.9 Å². The molecule has 1 heterocycles. The fraction of sp³-hybridized carbons (Fsp3) is 0.222. The second kappa shape index (κ2) is 10.1. The predicted octanol–water partition coefficient (Wildman–Crippen LogP) is 2.05. The fourth-order valence-electron chi connectivity index (χ4n) is 2.17. The van der Waals surface area contributed by atoms with Crippen LogP contribution in [0.2, 0.25) is 0 Å². The molecule has 1 aromatic heterocycles. The Hall–Kier alpha value is -3.63. The van der Waals surface area contributed by atoms with E-state index in [1.807, 2.05) is 0 Å². The summed E-state index contributed by atoms with van der Waals surface area (Å²) in [6.07, 6.45) is 3.86. The van der Waals surface area contributed by atoms with Crippen molar-refractivity contribution in [3.8, 4) is 0 Å². The fourth-order valence-corrected chi connectivity index (χ4v) is 2.17. The normalized spacial score (nSPS) is 11.0. The minimum Gasteiger partial charge on any atom is -0.380 e. The topological polar surface area (TPSA) is 115 Å². The van der Waals surface area contributed by atoms with Gasteiger partial charge in [-0.05, 0) is 19.1 Å². The van der Waals surface area contributed by atoms with Crippen LogP contribution in [-0.2, 0) is 11.3 Å². The third-order valence-corrected chi connectivity index (χ3v) is 3.75. The zero-order chi connectivity index (χ0) is 21.4. The highest BCUT2D eigenvalue weighted by Gasteiger charge is 2.14. The van der Waals surface area contributed by atoms with Gasteiger partial charge in [-0.15, -0.1) is 0 Å². The highest BCUT2D eigenvalue weighted by Crippen LogP contribution is 2.19. The molecule has 0 spiro atoms. The number of nitrogens with zero attached hydrogens (tertiary/aromatic N) is 2. The van der Waals surface area contributed by atoms with Gasteiger partial charge in [0.1, 0.15) is 11.6 Å². The molecule has 0 saturated heterocycles. The zero-order valence-electron chi connectivity index (χ0n) is 15.7. The molecule has 0 aliphatic rings. The van der Waals surface area contributed by atoms with Crippen molar-refractivity contribution < 1.29 is 18.0 Å². The van der Waals surface area contributed by atoms with Crippen LogP contribution >= 0.6 is 0 Å². The van der Waals surface area contributed by atoms with E-state index < -0.39 is 23.0 Å². The van der Waals surface area contributed by atoms with Crippen molar-refractivity contribution in [2.75, 3.05) is 24.2 Å². The van der Waals surface area contributed by atoms with Gasteiger partial charge in [-0.3, -0.25) is 4.79 Å². The lowest BCUT2D eigenvalue weighted by molar-refractivity contribution is -0.119. The van der Waals surface area contributed by atoms with Gasteiger partial charge >= 0.3 is 0 Å². The van der Waals surface area contributed by atoms with Crippen molar-refractivity contribution in [1.82, 2.24) is 20.6 Å². The summed E-state index contributed by atoms with van der Waals surface area (Å²) >= 11 is 0. The van der Waals surface area contributed by atoms with Gasteiger partial charge in [0.2, 0.25) is 11.9 Å². The second-order valence-electron chi connectivity index (χ2n) is 5.82. The number of hydrogen-bond donors (Lipinski definition) is 5. The minimum absolute atomic E-state index is 0.0157. The van der Waals surface area contributed by atoms with Gasteiger partial charge in [-0.2, -0.15) is 4.98 Å². The lowest BCUT2D eigenvalue weighted by Crippen LogP contribution is -2.29. The van der Waals surface area contributed by atoms with E-state index in [-0.39, 0.29) is 36.5 Å². The summed E-state index contributed by atoms with van der Waals surface area (Å²) in [5.74, 6) is -3.14. The molecule has 29 heavy (non-hydrogen) atoms. The van der Waals surface area contributed by atoms with Crippen molar-refractivity contribution >= 4 is 23.9 Å². The van der Waals surface area contributed by atoms with Crippen LogP contribution in [0.1, 0.15) is 11.1 Å². The Labute approximate surface area is 165 Å². The Morgan fingerprint density at radius 1 is 1.24 bits per heavy atom. The number of carbonyl (C=O) groups is 1. The van der Waals surface area contributed by atoms with Crippen LogP contribution < -0.4 is 21.3 Å². The monoisotopic (exact) mass is 407 g/mol. The van der Waals surface area contributed by atoms with Gasteiger partial charge in [0.15, 0.2) is 11.6 Å². The summed E-state index contributed by atoms with van der Waals surface area (Å²) in [6.45, 7) is 1.37. The number of benzene rings is 1. The van der Waals surface area contributed by atoms with Crippen LogP contribution in [0.25, 0.3) is 0 Å². The van der Waals surface area contributed by atoms with E-state index in [1.54, 1.807) is 6.92 Å². The molecule has 1 amide bonds. The number of hydrogen-bond acceptors (Lipinski definition) is 7. The van der Waals surface area contributed by atoms with E-state index in [1.165, 1.54) is 19.4 Å². The number of likely N-dealkylation sites (N-methyl/N-ethyl adjacent to an activating group) is 1. The molecule has 1 aromatic carbocycles. The molecule has 2 aromatic rings. The Bertz CT molecular complexity index is 934. The molecular formula is C18H20F3N7O. The van der Waals surface area contributed by atoms with Gasteiger partial charge in [-0.25, -0.2) is 18.2 Å². The van der Waals surface area contributed by atoms with Crippen LogP contribution in [0, 0.1) is 29.8 Å². The molecule has 0 bridgehead atoms. The first-order valence-electron chi connectivity index (χ1n) is 8.47. The van der Waals surface area contributed by atoms with E-state index in [0.717, 1.165) is 18.3 Å². The van der Waals surface area contributed by atoms with E-state index >= 15 is 0 Å². The van der Waals surface area contributed by atoms with Crippen LogP contribution in [0.5, 0.6) is 0 Å². The number of rotatable bonds is 9. The Balaban J connectivity index is 2.11. The standard InChI is InChI=1S/C18H20F3N7O/c1-10-6-26-18(27-11(5-22)7-24-9-15(29)23-2)28-17(10)25-8-12-13(19)3-4-14(20)16(12)21/h3-7,22,24H,8-9H2,1-2H3,(H,23,29)(H2,25,26,27,28)/b11-7+,22-5?. The third kappa shape index (κ3) is 5.92. The molecule has 5 N–H and O–H groups in total. The molecule has 154 valence electrons. The largest absolute Gasteiger partial charge is 0.380 e. The molecule has 8 nitrogen and oxygen atoms in total. The summed E-state index contributed by atoms with van der Waals surface area (Å²) in [6, 6.07) is 1.57. The van der Waals surface area contributed by atoms with Crippen LogP contribution in [0.15, 0.2) is 30.2 Å². The van der Waals surface area contributed by atoms with Crippen LogP contribution in [-0.4, -0.2) is 35.7 Å². The van der Waals surface area contributed by atoms with E-state index in [0.29, 0.717) is 5.56 Å². The molecule has 0 radical (unpaired) electrons. The first-order chi connectivity index (χ1) is 13.8. The van der Waals surface area contributed by atoms with E-state index in [4.69, 9.17) is 5.41 Å². The first kappa shape index (κ1) is 21.7. The lowest BCUT2D eigenvalue weighted by Gasteiger charge is -2.12. The lowest BCUT2D eigenvalue weighted by atomic mass is 10.2. The number of nitrogens with one attached hydrogen (secondary N) is 5. The van der Waals surface area contributed by atoms with Crippen molar-refractivity contribution in [2.24, 2.45) is 0 Å². The molecule has 0 unspecified atom stereocenters. The minimum atomic E-state index is -1.27. The Morgan fingerprint density at radius 3 is 2.66 bits per heavy atom.